The van der Waals surface area contributed by atoms with E-state index in [0.29, 0.717) is 6.54 Å². The number of amides is 1. The molecule has 1 fully saturated rings. The molecule has 0 aromatic rings. The van der Waals surface area contributed by atoms with Crippen molar-refractivity contribution >= 4 is 12.1 Å². The molecular weight excluding hydrogens is 222 g/mol. The van der Waals surface area contributed by atoms with Gasteiger partial charge in [-0.05, 0) is 20.8 Å². The highest BCUT2D eigenvalue weighted by molar-refractivity contribution is 5.82. The van der Waals surface area contributed by atoms with Crippen LogP contribution < -0.4 is 0 Å². The number of nitrogens with zero attached hydrogens (tertiary/aromatic N) is 1. The molecule has 1 aliphatic heterocycles. The predicted octanol–water partition coefficient (Wildman–Crippen LogP) is 1.49. The summed E-state index contributed by atoms with van der Waals surface area (Å²) < 4.78 is 5.22. The van der Waals surface area contributed by atoms with Crippen LogP contribution in [0.25, 0.3) is 0 Å². The maximum atomic E-state index is 11.9. The smallest absolute Gasteiger partial charge is 0.411 e. The van der Waals surface area contributed by atoms with Gasteiger partial charge in [0.1, 0.15) is 11.6 Å². The van der Waals surface area contributed by atoms with E-state index in [9.17, 15) is 9.59 Å². The van der Waals surface area contributed by atoms with Gasteiger partial charge in [-0.15, -0.1) is 0 Å². The van der Waals surface area contributed by atoms with Crippen molar-refractivity contribution in [1.82, 2.24) is 4.90 Å². The van der Waals surface area contributed by atoms with E-state index in [1.807, 2.05) is 12.2 Å². The molecule has 1 amide bonds. The first-order chi connectivity index (χ1) is 7.79. The Bertz CT molecular complexity index is 382. The van der Waals surface area contributed by atoms with Gasteiger partial charge in [0.25, 0.3) is 0 Å². The summed E-state index contributed by atoms with van der Waals surface area (Å²) in [6.07, 6.45) is 3.26. The first-order valence-corrected chi connectivity index (χ1v) is 5.70. The Morgan fingerprint density at radius 3 is 2.41 bits per heavy atom. The predicted molar refractivity (Wildman–Crippen MR) is 60.5 cm³/mol. The minimum atomic E-state index is -0.965. The van der Waals surface area contributed by atoms with Crippen molar-refractivity contribution in [2.24, 2.45) is 11.8 Å². The van der Waals surface area contributed by atoms with E-state index in [2.05, 4.69) is 0 Å². The van der Waals surface area contributed by atoms with Crippen molar-refractivity contribution in [3.05, 3.63) is 12.2 Å². The first-order valence-electron chi connectivity index (χ1n) is 5.70. The molecule has 0 spiro atoms. The standard InChI is InChI=1S/C12H17NO4/c1-12(2,3)17-11(16)13-6-7-4-5-8(7)9(13)10(14)15/h4-5,7-9H,6H2,1-3H3,(H,14,15). The third-order valence-corrected chi connectivity index (χ3v) is 3.06. The van der Waals surface area contributed by atoms with Crippen molar-refractivity contribution in [3.8, 4) is 0 Å². The number of carboxylic acids is 1. The fourth-order valence-electron chi connectivity index (χ4n) is 2.27. The van der Waals surface area contributed by atoms with E-state index in [1.54, 1.807) is 20.8 Å². The zero-order valence-electron chi connectivity index (χ0n) is 10.2. The first kappa shape index (κ1) is 12.0. The summed E-state index contributed by atoms with van der Waals surface area (Å²) in [5.74, 6) is -0.851. The van der Waals surface area contributed by atoms with Gasteiger partial charge < -0.3 is 9.84 Å². The van der Waals surface area contributed by atoms with Gasteiger partial charge in [0, 0.05) is 18.4 Å². The lowest BCUT2D eigenvalue weighted by molar-refractivity contribution is -0.143. The highest BCUT2D eigenvalue weighted by Gasteiger charge is 2.50. The Labute approximate surface area is 100 Å². The number of carboxylic acid groups (broad SMARTS) is 1. The number of hydrogen-bond acceptors (Lipinski definition) is 3. The Morgan fingerprint density at radius 2 is 2.00 bits per heavy atom. The van der Waals surface area contributed by atoms with Crippen LogP contribution in [0.4, 0.5) is 4.79 Å². The lowest BCUT2D eigenvalue weighted by Crippen LogP contribution is -2.45. The lowest BCUT2D eigenvalue weighted by Gasteiger charge is -2.28. The molecule has 1 N–H and O–H groups in total. The highest BCUT2D eigenvalue weighted by atomic mass is 16.6. The number of aliphatic carboxylic acids is 1. The molecule has 0 aromatic carbocycles. The molecule has 5 nitrogen and oxygen atoms in total. The number of hydrogen-bond donors (Lipinski definition) is 1. The lowest BCUT2D eigenvalue weighted by atomic mass is 9.81. The molecule has 1 saturated heterocycles. The summed E-state index contributed by atoms with van der Waals surface area (Å²) in [5, 5.41) is 9.17. The van der Waals surface area contributed by atoms with Crippen LogP contribution in [0.2, 0.25) is 0 Å². The summed E-state index contributed by atoms with van der Waals surface area (Å²) in [7, 11) is 0. The van der Waals surface area contributed by atoms with Crippen LogP contribution in [0, 0.1) is 11.8 Å². The average Bonchev–Trinajstić information content (AvgIpc) is 2.35. The molecule has 3 atom stereocenters. The van der Waals surface area contributed by atoms with E-state index in [-0.39, 0.29) is 11.8 Å². The Kier molecular flexibility index (Phi) is 2.64. The summed E-state index contributed by atoms with van der Waals surface area (Å²) in [4.78, 5) is 24.4. The molecule has 2 rings (SSSR count). The van der Waals surface area contributed by atoms with Crippen LogP contribution >= 0.6 is 0 Å². The van der Waals surface area contributed by atoms with E-state index in [4.69, 9.17) is 9.84 Å². The Hall–Kier alpha value is -1.52. The van der Waals surface area contributed by atoms with Crippen LogP contribution in [0.3, 0.4) is 0 Å². The molecule has 2 aliphatic rings. The van der Waals surface area contributed by atoms with Gasteiger partial charge in [-0.2, -0.15) is 0 Å². The summed E-state index contributed by atoms with van der Waals surface area (Å²) >= 11 is 0. The molecule has 0 saturated carbocycles. The van der Waals surface area contributed by atoms with Crippen LogP contribution in [-0.2, 0) is 9.53 Å². The molecule has 17 heavy (non-hydrogen) atoms. The Morgan fingerprint density at radius 1 is 1.35 bits per heavy atom. The molecule has 0 bridgehead atoms. The van der Waals surface area contributed by atoms with Gasteiger partial charge >= 0.3 is 12.1 Å². The number of ether oxygens (including phenoxy) is 1. The van der Waals surface area contributed by atoms with Gasteiger partial charge in [0.15, 0.2) is 0 Å². The minimum absolute atomic E-state index is 0.0555. The molecule has 1 aliphatic carbocycles. The summed E-state index contributed by atoms with van der Waals surface area (Å²) in [6, 6.07) is -0.778. The zero-order valence-corrected chi connectivity index (χ0v) is 10.2. The second-order valence-corrected chi connectivity index (χ2v) is 5.54. The van der Waals surface area contributed by atoms with Crippen molar-refractivity contribution < 1.29 is 19.4 Å². The van der Waals surface area contributed by atoms with Crippen molar-refractivity contribution in [2.45, 2.75) is 32.4 Å². The third kappa shape index (κ3) is 2.14. The fraction of sp³-hybridized carbons (Fsp3) is 0.667. The summed E-state index contributed by atoms with van der Waals surface area (Å²) in [5.41, 5.74) is -0.602. The van der Waals surface area contributed by atoms with Crippen molar-refractivity contribution in [3.63, 3.8) is 0 Å². The molecule has 0 aromatic heterocycles. The second kappa shape index (κ2) is 3.75. The normalized spacial score (nSPS) is 30.8. The van der Waals surface area contributed by atoms with Crippen molar-refractivity contribution in [1.29, 1.82) is 0 Å². The number of carbonyl (C=O) groups excluding carboxylic acids is 1. The Balaban J connectivity index is 2.11. The van der Waals surface area contributed by atoms with Gasteiger partial charge in [0.05, 0.1) is 0 Å². The van der Waals surface area contributed by atoms with Crippen molar-refractivity contribution in [2.75, 3.05) is 6.54 Å². The van der Waals surface area contributed by atoms with Gasteiger partial charge in [0.2, 0.25) is 0 Å². The van der Waals surface area contributed by atoms with Gasteiger partial charge in [-0.1, -0.05) is 12.2 Å². The topological polar surface area (TPSA) is 66.8 Å². The molecular formula is C12H17NO4. The van der Waals surface area contributed by atoms with E-state index in [1.165, 1.54) is 4.90 Å². The number of carbonyl (C=O) groups is 2. The fourth-order valence-corrected chi connectivity index (χ4v) is 2.27. The molecule has 1 heterocycles. The molecule has 94 valence electrons. The zero-order chi connectivity index (χ0) is 12.8. The molecule has 0 radical (unpaired) electrons. The maximum absolute atomic E-state index is 11.9. The number of fused-ring (bicyclic) bond motifs is 1. The highest BCUT2D eigenvalue weighted by Crippen LogP contribution is 2.39. The quantitative estimate of drug-likeness (QED) is 0.704. The van der Waals surface area contributed by atoms with Crippen LogP contribution in [0.5, 0.6) is 0 Å². The monoisotopic (exact) mass is 239 g/mol. The van der Waals surface area contributed by atoms with Crippen LogP contribution in [0.15, 0.2) is 12.2 Å². The van der Waals surface area contributed by atoms with Gasteiger partial charge in [-0.25, -0.2) is 9.59 Å². The largest absolute Gasteiger partial charge is 0.480 e. The maximum Gasteiger partial charge on any atom is 0.411 e. The third-order valence-electron chi connectivity index (χ3n) is 3.06. The molecule has 3 unspecified atom stereocenters. The minimum Gasteiger partial charge on any atom is -0.480 e. The van der Waals surface area contributed by atoms with E-state index >= 15 is 0 Å². The second-order valence-electron chi connectivity index (χ2n) is 5.54. The van der Waals surface area contributed by atoms with E-state index in [0.717, 1.165) is 0 Å². The number of rotatable bonds is 1. The SMILES string of the molecule is CC(C)(C)OC(=O)N1CC2C=CC2C1C(=O)O. The number of likely N-dealkylation sites (tertiary alicyclic amines) is 1. The summed E-state index contributed by atoms with van der Waals surface area (Å²) in [6.45, 7) is 5.74. The van der Waals surface area contributed by atoms with Crippen LogP contribution in [-0.4, -0.2) is 40.3 Å². The average molecular weight is 239 g/mol. The van der Waals surface area contributed by atoms with E-state index < -0.39 is 23.7 Å². The molecule has 5 heteroatoms. The van der Waals surface area contributed by atoms with Gasteiger partial charge in [-0.3, -0.25) is 4.90 Å². The van der Waals surface area contributed by atoms with Crippen LogP contribution in [0.1, 0.15) is 20.8 Å².